The van der Waals surface area contributed by atoms with Gasteiger partial charge in [-0.2, -0.15) is 17.6 Å². The van der Waals surface area contributed by atoms with E-state index in [1.54, 1.807) is 6.07 Å². The fraction of sp³-hybridized carbons (Fsp3) is 0.370. The quantitative estimate of drug-likeness (QED) is 0.337. The maximum Gasteiger partial charge on any atom is 0.417 e. The highest BCUT2D eigenvalue weighted by Crippen LogP contribution is 2.38. The van der Waals surface area contributed by atoms with Crippen LogP contribution in [0.15, 0.2) is 41.2 Å². The van der Waals surface area contributed by atoms with Gasteiger partial charge in [-0.3, -0.25) is 9.59 Å². The zero-order chi connectivity index (χ0) is 28.3. The number of ether oxygens (including phenoxy) is 1. The first-order valence-corrected chi connectivity index (χ1v) is 12.6. The minimum Gasteiger partial charge on any atom is -0.373 e. The lowest BCUT2D eigenvalue weighted by Crippen LogP contribution is -2.34. The molecule has 12 heteroatoms. The summed E-state index contributed by atoms with van der Waals surface area (Å²) in [5, 5.41) is 3.20. The van der Waals surface area contributed by atoms with E-state index >= 15 is 4.39 Å². The van der Waals surface area contributed by atoms with Crippen LogP contribution in [-0.2, 0) is 28.9 Å². The summed E-state index contributed by atoms with van der Waals surface area (Å²) in [5.74, 6) is -4.08. The Hall–Kier alpha value is -3.31. The molecule has 0 bridgehead atoms. The van der Waals surface area contributed by atoms with Crippen molar-refractivity contribution in [3.8, 4) is 11.4 Å². The first kappa shape index (κ1) is 28.7. The number of rotatable bonds is 7. The number of carbonyl (C=O) groups is 1. The number of alkyl halides is 3. The molecule has 0 radical (unpaired) electrons. The Balaban J connectivity index is 1.42. The summed E-state index contributed by atoms with van der Waals surface area (Å²) in [6, 6.07) is 8.90. The first-order valence-electron chi connectivity index (χ1n) is 12.2. The SMILES string of the molecule is Cc1nc(-c2c(C(F)(F)F)ccc(CNC(=O)[C@H]3CC[C@H](OCc4ccccc4Cl)CC3)c2F)[nH]c(=O)c1F. The molecule has 39 heavy (non-hydrogen) atoms. The van der Waals surface area contributed by atoms with Gasteiger partial charge >= 0.3 is 6.18 Å². The Morgan fingerprint density at radius 1 is 1.08 bits per heavy atom. The summed E-state index contributed by atoms with van der Waals surface area (Å²) in [6.07, 6.45) is -2.71. The van der Waals surface area contributed by atoms with Crippen molar-refractivity contribution in [1.29, 1.82) is 0 Å². The Bertz CT molecular complexity index is 1420. The van der Waals surface area contributed by atoms with Crippen molar-refractivity contribution in [3.63, 3.8) is 0 Å². The van der Waals surface area contributed by atoms with Gasteiger partial charge in [-0.15, -0.1) is 0 Å². The highest BCUT2D eigenvalue weighted by atomic mass is 35.5. The zero-order valence-corrected chi connectivity index (χ0v) is 21.6. The second-order valence-electron chi connectivity index (χ2n) is 9.37. The second kappa shape index (κ2) is 11.8. The molecule has 2 aromatic carbocycles. The molecule has 4 rings (SSSR count). The third kappa shape index (κ3) is 6.65. The van der Waals surface area contributed by atoms with Gasteiger partial charge in [0.1, 0.15) is 11.6 Å². The maximum absolute atomic E-state index is 15.4. The molecule has 0 saturated heterocycles. The first-order chi connectivity index (χ1) is 18.5. The molecule has 1 fully saturated rings. The van der Waals surface area contributed by atoms with Gasteiger partial charge in [-0.25, -0.2) is 9.37 Å². The van der Waals surface area contributed by atoms with Crippen LogP contribution in [0.1, 0.15) is 48.1 Å². The van der Waals surface area contributed by atoms with Crippen LogP contribution in [-0.4, -0.2) is 22.0 Å². The topological polar surface area (TPSA) is 84.1 Å². The van der Waals surface area contributed by atoms with E-state index in [1.807, 2.05) is 23.2 Å². The van der Waals surface area contributed by atoms with Gasteiger partial charge in [0.15, 0.2) is 0 Å². The molecule has 1 aliphatic rings. The number of H-pyrrole nitrogens is 1. The van der Waals surface area contributed by atoms with E-state index in [4.69, 9.17) is 16.3 Å². The largest absolute Gasteiger partial charge is 0.417 e. The summed E-state index contributed by atoms with van der Waals surface area (Å²) >= 11 is 6.15. The molecule has 0 atom stereocenters. The van der Waals surface area contributed by atoms with Crippen molar-refractivity contribution in [2.75, 3.05) is 0 Å². The van der Waals surface area contributed by atoms with Crippen LogP contribution in [0.2, 0.25) is 5.02 Å². The Labute approximate surface area is 225 Å². The monoisotopic (exact) mass is 569 g/mol. The van der Waals surface area contributed by atoms with E-state index in [9.17, 15) is 27.2 Å². The normalized spacial score (nSPS) is 17.7. The smallest absolute Gasteiger partial charge is 0.373 e. The number of hydrogen-bond acceptors (Lipinski definition) is 4. The molecule has 0 spiro atoms. The molecule has 1 aromatic heterocycles. The molecule has 208 valence electrons. The average molecular weight is 570 g/mol. The molecule has 1 saturated carbocycles. The fourth-order valence-electron chi connectivity index (χ4n) is 4.55. The number of aromatic nitrogens is 2. The molecular weight excluding hydrogens is 545 g/mol. The summed E-state index contributed by atoms with van der Waals surface area (Å²) in [7, 11) is 0. The molecule has 1 heterocycles. The maximum atomic E-state index is 15.4. The van der Waals surface area contributed by atoms with Gasteiger partial charge in [0, 0.05) is 23.0 Å². The van der Waals surface area contributed by atoms with Crippen LogP contribution in [0.3, 0.4) is 0 Å². The van der Waals surface area contributed by atoms with Crippen molar-refractivity contribution < 1.29 is 31.5 Å². The van der Waals surface area contributed by atoms with Gasteiger partial charge in [-0.05, 0) is 50.3 Å². The summed E-state index contributed by atoms with van der Waals surface area (Å²) in [5.41, 5.74) is -3.59. The molecule has 1 aliphatic carbocycles. The second-order valence-corrected chi connectivity index (χ2v) is 9.77. The number of hydrogen-bond donors (Lipinski definition) is 2. The van der Waals surface area contributed by atoms with E-state index in [0.29, 0.717) is 43.4 Å². The summed E-state index contributed by atoms with van der Waals surface area (Å²) in [4.78, 5) is 30.0. The van der Waals surface area contributed by atoms with Crippen molar-refractivity contribution >= 4 is 17.5 Å². The highest BCUT2D eigenvalue weighted by Gasteiger charge is 2.37. The fourth-order valence-corrected chi connectivity index (χ4v) is 4.75. The number of amides is 1. The summed E-state index contributed by atoms with van der Waals surface area (Å²) in [6.45, 7) is 1.05. The third-order valence-corrected chi connectivity index (χ3v) is 7.09. The van der Waals surface area contributed by atoms with Gasteiger partial charge in [0.2, 0.25) is 11.7 Å². The van der Waals surface area contributed by atoms with E-state index < -0.39 is 46.0 Å². The zero-order valence-electron chi connectivity index (χ0n) is 20.8. The van der Waals surface area contributed by atoms with Crippen LogP contribution in [0.4, 0.5) is 22.0 Å². The van der Waals surface area contributed by atoms with Crippen LogP contribution >= 0.6 is 11.6 Å². The molecule has 1 amide bonds. The van der Waals surface area contributed by atoms with Gasteiger partial charge in [0.05, 0.1) is 29.5 Å². The highest BCUT2D eigenvalue weighted by molar-refractivity contribution is 6.31. The molecule has 0 aliphatic heterocycles. The summed E-state index contributed by atoms with van der Waals surface area (Å²) < 4.78 is 75.9. The Morgan fingerprint density at radius 2 is 1.77 bits per heavy atom. The van der Waals surface area contributed by atoms with Crippen molar-refractivity contribution in [1.82, 2.24) is 15.3 Å². The van der Waals surface area contributed by atoms with Crippen LogP contribution in [0, 0.1) is 24.5 Å². The minimum absolute atomic E-state index is 0.0472. The molecular formula is C27H25ClF5N3O3. The van der Waals surface area contributed by atoms with E-state index in [0.717, 1.165) is 18.6 Å². The molecule has 0 unspecified atom stereocenters. The predicted molar refractivity (Wildman–Crippen MR) is 134 cm³/mol. The number of halogens is 6. The number of carbonyl (C=O) groups excluding carboxylic acids is 1. The van der Waals surface area contributed by atoms with Crippen molar-refractivity contribution in [2.24, 2.45) is 5.92 Å². The molecule has 3 aromatic rings. The minimum atomic E-state index is -4.98. The lowest BCUT2D eigenvalue weighted by molar-refractivity contribution is -0.137. The van der Waals surface area contributed by atoms with E-state index in [1.165, 1.54) is 0 Å². The van der Waals surface area contributed by atoms with Crippen molar-refractivity contribution in [2.45, 2.75) is 58.0 Å². The number of aromatic amines is 1. The third-order valence-electron chi connectivity index (χ3n) is 6.72. The standard InChI is InChI=1S/C27H25ClF5N3O3/c1-14-22(29)26(38)36-24(35-14)21-19(27(31,32)33)11-8-16(23(21)30)12-34-25(37)15-6-9-18(10-7-15)39-13-17-4-2-3-5-20(17)28/h2-5,8,11,15,18H,6-7,9-10,12-13H2,1H3,(H,34,37)(H,35,36,38)/t15-,18-. The Morgan fingerprint density at radius 3 is 2.41 bits per heavy atom. The lowest BCUT2D eigenvalue weighted by atomic mass is 9.86. The predicted octanol–water partition coefficient (Wildman–Crippen LogP) is 6.09. The number of aryl methyl sites for hydroxylation is 1. The van der Waals surface area contributed by atoms with Crippen LogP contribution in [0.25, 0.3) is 11.4 Å². The Kier molecular flexibility index (Phi) is 8.70. The average Bonchev–Trinajstić information content (AvgIpc) is 2.89. The number of benzene rings is 2. The van der Waals surface area contributed by atoms with E-state index in [2.05, 4.69) is 10.3 Å². The van der Waals surface area contributed by atoms with Crippen LogP contribution < -0.4 is 10.9 Å². The number of nitrogens with zero attached hydrogens (tertiary/aromatic N) is 1. The molecule has 6 nitrogen and oxygen atoms in total. The molecule has 2 N–H and O–H groups in total. The van der Waals surface area contributed by atoms with Gasteiger partial charge in [0.25, 0.3) is 5.56 Å². The van der Waals surface area contributed by atoms with Gasteiger partial charge < -0.3 is 15.0 Å². The van der Waals surface area contributed by atoms with Gasteiger partial charge in [-0.1, -0.05) is 35.9 Å². The van der Waals surface area contributed by atoms with E-state index in [-0.39, 0.29) is 30.0 Å². The van der Waals surface area contributed by atoms with Crippen molar-refractivity contribution in [3.05, 3.63) is 85.8 Å². The van der Waals surface area contributed by atoms with Crippen LogP contribution in [0.5, 0.6) is 0 Å². The lowest BCUT2D eigenvalue weighted by Gasteiger charge is -2.28. The number of nitrogens with one attached hydrogen (secondary N) is 2.